The zero-order valence-corrected chi connectivity index (χ0v) is 25.3. The highest BCUT2D eigenvalue weighted by atomic mass is 79.9. The molecule has 2 N–H and O–H groups in total. The van der Waals surface area contributed by atoms with E-state index in [2.05, 4.69) is 31.5 Å². The second-order valence-electron chi connectivity index (χ2n) is 9.39. The first-order chi connectivity index (χ1) is 18.5. The topological polar surface area (TPSA) is 113 Å². The highest BCUT2D eigenvalue weighted by Crippen LogP contribution is 2.44. The standard InChI is InChI=1S/C26H28BrCl2N5O4S/c1-3-30-24(36)31-10-4-5-11-39(37,38)22-16-32-25-33(21-13-19(28)12-20(29)14-21)23(35)26(2,34(22)25)15-17-6-8-18(27)9-7-17/h6-9,12-14,16H,3-5,10-11,15H2,1-2H3,(H2,30,31,36)/t26-/m1/s1. The lowest BCUT2D eigenvalue weighted by Gasteiger charge is -2.26. The zero-order chi connectivity index (χ0) is 28.4. The Bertz CT molecular complexity index is 1480. The zero-order valence-electron chi connectivity index (χ0n) is 21.4. The number of urea groups is 1. The van der Waals surface area contributed by atoms with Crippen molar-refractivity contribution < 1.29 is 18.0 Å². The summed E-state index contributed by atoms with van der Waals surface area (Å²) < 4.78 is 29.5. The van der Waals surface area contributed by atoms with E-state index in [0.717, 1.165) is 10.0 Å². The average Bonchev–Trinajstić information content (AvgIpc) is 3.39. The minimum absolute atomic E-state index is 0.0437. The summed E-state index contributed by atoms with van der Waals surface area (Å²) in [5.41, 5.74) is -0.0554. The number of imidazole rings is 1. The molecule has 0 spiro atoms. The fourth-order valence-corrected chi connectivity index (χ4v) is 6.94. The molecule has 0 unspecified atom stereocenters. The number of hydrogen-bond acceptors (Lipinski definition) is 5. The number of amides is 3. The average molecular weight is 657 g/mol. The van der Waals surface area contributed by atoms with Crippen molar-refractivity contribution in [3.63, 3.8) is 0 Å². The van der Waals surface area contributed by atoms with Gasteiger partial charge in [0.1, 0.15) is 5.54 Å². The molecule has 13 heteroatoms. The Morgan fingerprint density at radius 1 is 1.08 bits per heavy atom. The van der Waals surface area contributed by atoms with Crippen LogP contribution in [0.15, 0.2) is 58.2 Å². The molecule has 2 aromatic carbocycles. The van der Waals surface area contributed by atoms with Gasteiger partial charge in [0.2, 0.25) is 5.95 Å². The molecule has 9 nitrogen and oxygen atoms in total. The van der Waals surface area contributed by atoms with Crippen LogP contribution in [0.3, 0.4) is 0 Å². The molecule has 0 saturated heterocycles. The number of anilines is 2. The monoisotopic (exact) mass is 655 g/mol. The van der Waals surface area contributed by atoms with Crippen LogP contribution in [0.5, 0.6) is 0 Å². The van der Waals surface area contributed by atoms with Gasteiger partial charge >= 0.3 is 6.03 Å². The number of carbonyl (C=O) groups is 2. The molecule has 1 aliphatic rings. The molecule has 0 saturated carbocycles. The number of halogens is 3. The van der Waals surface area contributed by atoms with Crippen LogP contribution < -0.4 is 15.5 Å². The molecule has 4 rings (SSSR count). The Labute approximate surface area is 245 Å². The number of fused-ring (bicyclic) bond motifs is 1. The van der Waals surface area contributed by atoms with Gasteiger partial charge in [-0.05, 0) is 62.6 Å². The van der Waals surface area contributed by atoms with E-state index in [1.165, 1.54) is 15.7 Å². The minimum Gasteiger partial charge on any atom is -0.338 e. The van der Waals surface area contributed by atoms with E-state index >= 15 is 0 Å². The lowest BCUT2D eigenvalue weighted by atomic mass is 9.92. The van der Waals surface area contributed by atoms with E-state index in [-0.39, 0.29) is 35.1 Å². The fourth-order valence-electron chi connectivity index (χ4n) is 4.60. The normalized spacial score (nSPS) is 16.8. The van der Waals surface area contributed by atoms with E-state index in [1.807, 2.05) is 31.2 Å². The van der Waals surface area contributed by atoms with Crippen LogP contribution >= 0.6 is 39.1 Å². The minimum atomic E-state index is -3.83. The lowest BCUT2D eigenvalue weighted by molar-refractivity contribution is -0.124. The fraction of sp³-hybridized carbons (Fsp3) is 0.346. The predicted molar refractivity (Wildman–Crippen MR) is 156 cm³/mol. The van der Waals surface area contributed by atoms with Gasteiger partial charge in [0.05, 0.1) is 17.6 Å². The molecule has 3 aromatic rings. The number of carbonyl (C=O) groups excluding carboxylic acids is 2. The molecule has 0 radical (unpaired) electrons. The molecular formula is C26H28BrCl2N5O4S. The van der Waals surface area contributed by atoms with Gasteiger partial charge in [-0.1, -0.05) is 51.3 Å². The molecule has 1 aliphatic heterocycles. The first-order valence-corrected chi connectivity index (χ1v) is 15.5. The third-order valence-electron chi connectivity index (χ3n) is 6.42. The number of benzene rings is 2. The summed E-state index contributed by atoms with van der Waals surface area (Å²) in [6.07, 6.45) is 2.31. The number of unbranched alkanes of at least 4 members (excludes halogenated alkanes) is 1. The maximum absolute atomic E-state index is 14.1. The van der Waals surface area contributed by atoms with Crippen molar-refractivity contribution >= 4 is 72.5 Å². The van der Waals surface area contributed by atoms with E-state index < -0.39 is 15.4 Å². The van der Waals surface area contributed by atoms with Crippen molar-refractivity contribution in [2.24, 2.45) is 0 Å². The van der Waals surface area contributed by atoms with Crippen LogP contribution in [0.4, 0.5) is 16.4 Å². The maximum Gasteiger partial charge on any atom is 0.314 e. The van der Waals surface area contributed by atoms with Gasteiger partial charge in [0, 0.05) is 34.0 Å². The molecule has 1 atom stereocenters. The first-order valence-electron chi connectivity index (χ1n) is 12.3. The van der Waals surface area contributed by atoms with Gasteiger partial charge in [-0.25, -0.2) is 23.1 Å². The van der Waals surface area contributed by atoms with E-state index in [4.69, 9.17) is 23.2 Å². The van der Waals surface area contributed by atoms with Gasteiger partial charge in [-0.3, -0.25) is 9.36 Å². The van der Waals surface area contributed by atoms with Crippen LogP contribution in [0, 0.1) is 0 Å². The SMILES string of the molecule is CCNC(=O)NCCCCS(=O)(=O)c1cnc2n1[C@](C)(Cc1ccc(Br)cc1)C(=O)N2c1cc(Cl)cc(Cl)c1. The smallest absolute Gasteiger partial charge is 0.314 e. The first kappa shape index (κ1) is 29.4. The van der Waals surface area contributed by atoms with E-state index in [9.17, 15) is 18.0 Å². The maximum atomic E-state index is 14.1. The van der Waals surface area contributed by atoms with Crippen molar-refractivity contribution in [2.75, 3.05) is 23.7 Å². The summed E-state index contributed by atoms with van der Waals surface area (Å²) in [5, 5.41) is 5.94. The summed E-state index contributed by atoms with van der Waals surface area (Å²) in [4.78, 5) is 31.4. The van der Waals surface area contributed by atoms with Crippen molar-refractivity contribution in [2.45, 2.75) is 43.7 Å². The molecule has 0 bridgehead atoms. The summed E-state index contributed by atoms with van der Waals surface area (Å²) >= 11 is 15.9. The lowest BCUT2D eigenvalue weighted by Crippen LogP contribution is -2.42. The van der Waals surface area contributed by atoms with E-state index in [0.29, 0.717) is 41.7 Å². The molecule has 208 valence electrons. The van der Waals surface area contributed by atoms with Crippen molar-refractivity contribution in [3.8, 4) is 0 Å². The second-order valence-corrected chi connectivity index (χ2v) is 13.2. The van der Waals surface area contributed by atoms with Crippen LogP contribution in [0.2, 0.25) is 10.0 Å². The van der Waals surface area contributed by atoms with Gasteiger partial charge < -0.3 is 10.6 Å². The third kappa shape index (κ3) is 6.26. The van der Waals surface area contributed by atoms with Crippen molar-refractivity contribution in [1.82, 2.24) is 20.2 Å². The predicted octanol–water partition coefficient (Wildman–Crippen LogP) is 5.46. The Hall–Kier alpha value is -2.60. The van der Waals surface area contributed by atoms with Gasteiger partial charge in [-0.15, -0.1) is 0 Å². The summed E-state index contributed by atoms with van der Waals surface area (Å²) in [6.45, 7) is 4.37. The molecule has 0 aliphatic carbocycles. The molecule has 0 fully saturated rings. The Morgan fingerprint density at radius 3 is 2.38 bits per heavy atom. The number of aromatic nitrogens is 2. The summed E-state index contributed by atoms with van der Waals surface area (Å²) in [6, 6.07) is 11.9. The molecule has 3 amide bonds. The molecular weight excluding hydrogens is 629 g/mol. The highest BCUT2D eigenvalue weighted by Gasteiger charge is 2.51. The van der Waals surface area contributed by atoms with Crippen LogP contribution in [-0.2, 0) is 26.6 Å². The van der Waals surface area contributed by atoms with Crippen LogP contribution in [-0.4, -0.2) is 48.7 Å². The number of nitrogens with one attached hydrogen (secondary N) is 2. The third-order valence-corrected chi connectivity index (χ3v) is 9.13. The molecule has 2 heterocycles. The Kier molecular flexibility index (Phi) is 8.95. The largest absolute Gasteiger partial charge is 0.338 e. The second kappa shape index (κ2) is 11.9. The van der Waals surface area contributed by atoms with Crippen LogP contribution in [0.1, 0.15) is 32.3 Å². The number of rotatable bonds is 10. The summed E-state index contributed by atoms with van der Waals surface area (Å²) in [7, 11) is -3.83. The quantitative estimate of drug-likeness (QED) is 0.281. The number of hydrogen-bond donors (Lipinski definition) is 2. The van der Waals surface area contributed by atoms with Gasteiger partial charge in [0.15, 0.2) is 14.9 Å². The van der Waals surface area contributed by atoms with Gasteiger partial charge in [-0.2, -0.15) is 0 Å². The van der Waals surface area contributed by atoms with Gasteiger partial charge in [0.25, 0.3) is 5.91 Å². The van der Waals surface area contributed by atoms with Crippen molar-refractivity contribution in [3.05, 3.63) is 68.7 Å². The Morgan fingerprint density at radius 2 is 1.74 bits per heavy atom. The van der Waals surface area contributed by atoms with E-state index in [1.54, 1.807) is 25.1 Å². The highest BCUT2D eigenvalue weighted by molar-refractivity contribution is 9.10. The molecule has 1 aromatic heterocycles. The summed E-state index contributed by atoms with van der Waals surface area (Å²) in [5.74, 6) is -0.343. The Balaban J connectivity index is 1.69. The van der Waals surface area contributed by atoms with Crippen LogP contribution in [0.25, 0.3) is 0 Å². The van der Waals surface area contributed by atoms with Crippen molar-refractivity contribution in [1.29, 1.82) is 0 Å². The molecule has 39 heavy (non-hydrogen) atoms. The number of nitrogens with zero attached hydrogens (tertiary/aromatic N) is 3. The number of sulfone groups is 1.